The summed E-state index contributed by atoms with van der Waals surface area (Å²) < 4.78 is 5.04. The van der Waals surface area contributed by atoms with Gasteiger partial charge in [0.05, 0.1) is 6.61 Å². The lowest BCUT2D eigenvalue weighted by Crippen LogP contribution is -2.43. The van der Waals surface area contributed by atoms with Gasteiger partial charge in [-0.05, 0) is 26.0 Å². The average Bonchev–Trinajstić information content (AvgIpc) is 2.90. The summed E-state index contributed by atoms with van der Waals surface area (Å²) in [5.74, 6) is 0.722. The summed E-state index contributed by atoms with van der Waals surface area (Å²) >= 11 is 1.82. The Kier molecular flexibility index (Phi) is 6.37. The van der Waals surface area contributed by atoms with E-state index in [9.17, 15) is 9.59 Å². The molecule has 0 radical (unpaired) electrons. The molecule has 0 aromatic carbocycles. The summed E-state index contributed by atoms with van der Waals surface area (Å²) in [4.78, 5) is 25.1. The summed E-state index contributed by atoms with van der Waals surface area (Å²) in [6.07, 6.45) is 0.958. The number of rotatable bonds is 6. The molecule has 1 fully saturated rings. The third-order valence-electron chi connectivity index (χ3n) is 3.35. The molecule has 1 aliphatic rings. The van der Waals surface area contributed by atoms with Crippen LogP contribution in [0.4, 0.5) is 0 Å². The van der Waals surface area contributed by atoms with Crippen molar-refractivity contribution in [1.82, 2.24) is 4.90 Å². The van der Waals surface area contributed by atoms with E-state index in [-0.39, 0.29) is 17.5 Å². The number of hydrogen-bond donors (Lipinski definition) is 1. The maximum atomic E-state index is 12.4. The molecule has 0 spiro atoms. The van der Waals surface area contributed by atoms with Gasteiger partial charge < -0.3 is 14.7 Å². The van der Waals surface area contributed by atoms with Crippen LogP contribution in [0.15, 0.2) is 11.1 Å². The summed E-state index contributed by atoms with van der Waals surface area (Å²) in [5, 5.41) is 8.97. The van der Waals surface area contributed by atoms with Crippen LogP contribution in [0, 0.1) is 0 Å². The highest BCUT2D eigenvalue weighted by atomic mass is 32.2. The van der Waals surface area contributed by atoms with E-state index in [1.54, 1.807) is 18.9 Å². The number of carboxylic acids is 1. The largest absolute Gasteiger partial charge is 0.478 e. The van der Waals surface area contributed by atoms with Crippen molar-refractivity contribution in [2.75, 3.05) is 31.8 Å². The fraction of sp³-hybridized carbons (Fsp3) is 0.692. The highest BCUT2D eigenvalue weighted by Gasteiger charge is 2.28. The van der Waals surface area contributed by atoms with Crippen LogP contribution in [-0.2, 0) is 14.3 Å². The van der Waals surface area contributed by atoms with E-state index in [1.165, 1.54) is 6.92 Å². The van der Waals surface area contributed by atoms with Crippen molar-refractivity contribution in [2.24, 2.45) is 0 Å². The van der Waals surface area contributed by atoms with Crippen LogP contribution >= 0.6 is 11.8 Å². The van der Waals surface area contributed by atoms with Crippen LogP contribution < -0.4 is 0 Å². The van der Waals surface area contributed by atoms with Crippen molar-refractivity contribution < 1.29 is 19.4 Å². The standard InChI is InChI=1S/C13H21NO4S/c1-9(10(2)13(16)17)12(15)14(5-6-18-3)11-4-7-19-8-11/h11H,4-8H2,1-3H3,(H,16,17)/b10-9-. The fourth-order valence-electron chi connectivity index (χ4n) is 1.94. The molecule has 1 amide bonds. The molecule has 1 N–H and O–H groups in total. The van der Waals surface area contributed by atoms with Crippen molar-refractivity contribution in [1.29, 1.82) is 0 Å². The lowest BCUT2D eigenvalue weighted by molar-refractivity contribution is -0.134. The number of nitrogens with zero attached hydrogens (tertiary/aromatic N) is 1. The van der Waals surface area contributed by atoms with Crippen molar-refractivity contribution in [3.05, 3.63) is 11.1 Å². The van der Waals surface area contributed by atoms with Crippen LogP contribution in [-0.4, -0.2) is 59.7 Å². The Bertz CT molecular complexity index is 375. The first kappa shape index (κ1) is 16.0. The second-order valence-electron chi connectivity index (χ2n) is 4.56. The SMILES string of the molecule is COCCN(C(=O)/C(C)=C(/C)C(=O)O)C1CCSC1. The Morgan fingerprint density at radius 3 is 2.53 bits per heavy atom. The van der Waals surface area contributed by atoms with E-state index in [0.29, 0.717) is 18.7 Å². The minimum Gasteiger partial charge on any atom is -0.478 e. The molecule has 5 nitrogen and oxygen atoms in total. The second-order valence-corrected chi connectivity index (χ2v) is 5.71. The number of carbonyl (C=O) groups is 2. The highest BCUT2D eigenvalue weighted by molar-refractivity contribution is 7.99. The van der Waals surface area contributed by atoms with E-state index in [1.807, 2.05) is 11.8 Å². The first-order valence-corrected chi connectivity index (χ1v) is 7.43. The minimum atomic E-state index is -1.04. The smallest absolute Gasteiger partial charge is 0.331 e. The molecule has 1 rings (SSSR count). The van der Waals surface area contributed by atoms with Crippen LogP contribution in [0.1, 0.15) is 20.3 Å². The zero-order valence-corrected chi connectivity index (χ0v) is 12.5. The molecule has 0 aliphatic carbocycles. The highest BCUT2D eigenvalue weighted by Crippen LogP contribution is 2.24. The molecule has 0 bridgehead atoms. The average molecular weight is 287 g/mol. The second kappa shape index (κ2) is 7.55. The number of ether oxygens (including phenoxy) is 1. The predicted molar refractivity (Wildman–Crippen MR) is 75.3 cm³/mol. The Labute approximate surface area is 118 Å². The molecule has 6 heteroatoms. The maximum Gasteiger partial charge on any atom is 0.331 e. The molecule has 1 unspecified atom stereocenters. The lowest BCUT2D eigenvalue weighted by atomic mass is 10.1. The van der Waals surface area contributed by atoms with Crippen LogP contribution in [0.25, 0.3) is 0 Å². The number of thioether (sulfide) groups is 1. The maximum absolute atomic E-state index is 12.4. The zero-order chi connectivity index (χ0) is 14.4. The summed E-state index contributed by atoms with van der Waals surface area (Å²) in [6.45, 7) is 4.01. The number of amides is 1. The third kappa shape index (κ3) is 4.24. The summed E-state index contributed by atoms with van der Waals surface area (Å²) in [6, 6.07) is 0.184. The van der Waals surface area contributed by atoms with Gasteiger partial charge in [0, 0.05) is 36.6 Å². The van der Waals surface area contributed by atoms with Crippen molar-refractivity contribution in [2.45, 2.75) is 26.3 Å². The van der Waals surface area contributed by atoms with Gasteiger partial charge in [0.25, 0.3) is 0 Å². The van der Waals surface area contributed by atoms with Crippen LogP contribution in [0.5, 0.6) is 0 Å². The fourth-order valence-corrected chi connectivity index (χ4v) is 3.17. The molecular formula is C13H21NO4S. The van der Waals surface area contributed by atoms with Crippen molar-refractivity contribution >= 4 is 23.6 Å². The number of carboxylic acid groups (broad SMARTS) is 1. The molecule has 0 saturated carbocycles. The monoisotopic (exact) mass is 287 g/mol. The van der Waals surface area contributed by atoms with Gasteiger partial charge in [-0.15, -0.1) is 0 Å². The van der Waals surface area contributed by atoms with E-state index in [0.717, 1.165) is 17.9 Å². The van der Waals surface area contributed by atoms with Crippen LogP contribution in [0.2, 0.25) is 0 Å². The summed E-state index contributed by atoms with van der Waals surface area (Å²) in [7, 11) is 1.59. The Balaban J connectivity index is 2.87. The first-order valence-electron chi connectivity index (χ1n) is 6.27. The predicted octanol–water partition coefficient (Wildman–Crippen LogP) is 1.39. The third-order valence-corrected chi connectivity index (χ3v) is 4.49. The minimum absolute atomic E-state index is 0.109. The van der Waals surface area contributed by atoms with Gasteiger partial charge in [-0.3, -0.25) is 4.79 Å². The van der Waals surface area contributed by atoms with Gasteiger partial charge in [0.1, 0.15) is 0 Å². The van der Waals surface area contributed by atoms with Gasteiger partial charge in [0.15, 0.2) is 0 Å². The molecule has 108 valence electrons. The Morgan fingerprint density at radius 1 is 1.37 bits per heavy atom. The molecular weight excluding hydrogens is 266 g/mol. The van der Waals surface area contributed by atoms with Gasteiger partial charge in [-0.25, -0.2) is 4.79 Å². The van der Waals surface area contributed by atoms with Gasteiger partial charge in [-0.1, -0.05) is 0 Å². The molecule has 1 atom stereocenters. The van der Waals surface area contributed by atoms with E-state index in [2.05, 4.69) is 0 Å². The number of methoxy groups -OCH3 is 1. The Morgan fingerprint density at radius 2 is 2.05 bits per heavy atom. The quantitative estimate of drug-likeness (QED) is 0.748. The Hall–Kier alpha value is -1.01. The van der Waals surface area contributed by atoms with E-state index < -0.39 is 5.97 Å². The lowest BCUT2D eigenvalue weighted by Gasteiger charge is -2.29. The molecule has 1 saturated heterocycles. The zero-order valence-electron chi connectivity index (χ0n) is 11.6. The normalized spacial score (nSPS) is 20.1. The molecule has 1 heterocycles. The van der Waals surface area contributed by atoms with Crippen molar-refractivity contribution in [3.8, 4) is 0 Å². The van der Waals surface area contributed by atoms with Gasteiger partial charge in [0.2, 0.25) is 5.91 Å². The van der Waals surface area contributed by atoms with Crippen LogP contribution in [0.3, 0.4) is 0 Å². The van der Waals surface area contributed by atoms with E-state index >= 15 is 0 Å². The summed E-state index contributed by atoms with van der Waals surface area (Å²) in [5.41, 5.74) is 0.415. The van der Waals surface area contributed by atoms with Gasteiger partial charge in [-0.2, -0.15) is 11.8 Å². The number of carbonyl (C=O) groups excluding carboxylic acids is 1. The molecule has 0 aromatic heterocycles. The first-order chi connectivity index (χ1) is 8.99. The van der Waals surface area contributed by atoms with Crippen molar-refractivity contribution in [3.63, 3.8) is 0 Å². The van der Waals surface area contributed by atoms with Gasteiger partial charge >= 0.3 is 5.97 Å². The van der Waals surface area contributed by atoms with E-state index in [4.69, 9.17) is 9.84 Å². The molecule has 1 aliphatic heterocycles. The molecule has 0 aromatic rings. The molecule has 19 heavy (non-hydrogen) atoms. The number of aliphatic carboxylic acids is 1. The number of hydrogen-bond acceptors (Lipinski definition) is 4. The topological polar surface area (TPSA) is 66.8 Å².